The van der Waals surface area contributed by atoms with Crippen LogP contribution in [0.4, 0.5) is 0 Å². The van der Waals surface area contributed by atoms with Gasteiger partial charge in [-0.05, 0) is 43.5 Å². The molecule has 1 aliphatic heterocycles. The van der Waals surface area contributed by atoms with Crippen LogP contribution in [0.1, 0.15) is 24.8 Å². The molecule has 0 aliphatic carbocycles. The van der Waals surface area contributed by atoms with Crippen LogP contribution in [0.15, 0.2) is 41.4 Å². The van der Waals surface area contributed by atoms with Crippen molar-refractivity contribution in [1.29, 1.82) is 0 Å². The highest BCUT2D eigenvalue weighted by Crippen LogP contribution is 2.22. The number of rotatable bonds is 4. The molecule has 1 saturated heterocycles. The summed E-state index contributed by atoms with van der Waals surface area (Å²) in [4.78, 5) is 2.57. The molecule has 1 aromatic carbocycles. The number of hydrogen-bond donors (Lipinski definition) is 0. The van der Waals surface area contributed by atoms with Gasteiger partial charge < -0.3 is 0 Å². The average Bonchev–Trinajstić information content (AvgIpc) is 2.32. The van der Waals surface area contributed by atoms with E-state index in [2.05, 4.69) is 51.7 Å². The van der Waals surface area contributed by atoms with E-state index in [-0.39, 0.29) is 0 Å². The second kappa shape index (κ2) is 6.36. The molecule has 1 nitrogen and oxygen atoms in total. The molecule has 0 saturated carbocycles. The van der Waals surface area contributed by atoms with Crippen molar-refractivity contribution in [1.82, 2.24) is 4.90 Å². The minimum absolute atomic E-state index is 0.691. The maximum atomic E-state index is 3.86. The van der Waals surface area contributed by atoms with E-state index in [0.717, 1.165) is 13.0 Å². The summed E-state index contributed by atoms with van der Waals surface area (Å²) in [5.41, 5.74) is 1.43. The van der Waals surface area contributed by atoms with Crippen molar-refractivity contribution in [2.75, 3.05) is 13.1 Å². The summed E-state index contributed by atoms with van der Waals surface area (Å²) >= 11 is 3.54. The van der Waals surface area contributed by atoms with Gasteiger partial charge in [0.15, 0.2) is 0 Å². The molecule has 0 bridgehead atoms. The fraction of sp³-hybridized carbons (Fsp3) is 0.467. The average molecular weight is 294 g/mol. The predicted octanol–water partition coefficient (Wildman–Crippen LogP) is 4.03. The third-order valence-corrected chi connectivity index (χ3v) is 3.97. The monoisotopic (exact) mass is 293 g/mol. The van der Waals surface area contributed by atoms with Gasteiger partial charge in [-0.25, -0.2) is 0 Å². The van der Waals surface area contributed by atoms with Gasteiger partial charge in [0.25, 0.3) is 0 Å². The Labute approximate surface area is 113 Å². The van der Waals surface area contributed by atoms with Gasteiger partial charge in [0.2, 0.25) is 0 Å². The van der Waals surface area contributed by atoms with E-state index < -0.39 is 0 Å². The minimum Gasteiger partial charge on any atom is -0.296 e. The Morgan fingerprint density at radius 3 is 3.06 bits per heavy atom. The van der Waals surface area contributed by atoms with Crippen LogP contribution in [-0.4, -0.2) is 24.0 Å². The summed E-state index contributed by atoms with van der Waals surface area (Å²) in [5.74, 6) is 0. The molecular weight excluding hydrogens is 274 g/mol. The van der Waals surface area contributed by atoms with E-state index >= 15 is 0 Å². The Hall–Kier alpha value is -0.600. The summed E-state index contributed by atoms with van der Waals surface area (Å²) in [5, 5.41) is 0. The smallest absolute Gasteiger partial charge is 0.0178 e. The molecule has 1 aliphatic rings. The lowest BCUT2D eigenvalue weighted by Crippen LogP contribution is -2.40. The first kappa shape index (κ1) is 12.8. The summed E-state index contributed by atoms with van der Waals surface area (Å²) in [6.07, 6.45) is 7.21. The summed E-state index contributed by atoms with van der Waals surface area (Å²) in [6, 6.07) is 9.37. The molecule has 1 heterocycles. The Morgan fingerprint density at radius 2 is 2.29 bits per heavy atom. The quantitative estimate of drug-likeness (QED) is 0.758. The standard InChI is InChI=1S/C15H20BrN/c1-2-9-17-10-4-3-8-15(17)12-13-6-5-7-14(16)11-13/h2,5-7,11,15H,1,3-4,8-10,12H2/t15-/m0/s1. The van der Waals surface area contributed by atoms with Gasteiger partial charge in [-0.2, -0.15) is 0 Å². The zero-order chi connectivity index (χ0) is 12.1. The number of benzene rings is 1. The lowest BCUT2D eigenvalue weighted by molar-refractivity contribution is 0.164. The number of likely N-dealkylation sites (tertiary alicyclic amines) is 1. The van der Waals surface area contributed by atoms with Gasteiger partial charge in [0.1, 0.15) is 0 Å². The van der Waals surface area contributed by atoms with Gasteiger partial charge in [-0.3, -0.25) is 4.90 Å². The normalized spacial score (nSPS) is 21.4. The molecule has 0 amide bonds. The van der Waals surface area contributed by atoms with E-state index in [4.69, 9.17) is 0 Å². The molecule has 17 heavy (non-hydrogen) atoms. The van der Waals surface area contributed by atoms with Crippen molar-refractivity contribution in [2.24, 2.45) is 0 Å². The highest BCUT2D eigenvalue weighted by Gasteiger charge is 2.21. The van der Waals surface area contributed by atoms with Gasteiger partial charge in [-0.1, -0.05) is 40.6 Å². The van der Waals surface area contributed by atoms with Crippen LogP contribution in [-0.2, 0) is 6.42 Å². The number of nitrogens with zero attached hydrogens (tertiary/aromatic N) is 1. The Kier molecular flexibility index (Phi) is 4.81. The molecule has 0 unspecified atom stereocenters. The summed E-state index contributed by atoms with van der Waals surface area (Å²) in [6.45, 7) is 6.11. The second-order valence-electron chi connectivity index (χ2n) is 4.77. The van der Waals surface area contributed by atoms with E-state index in [1.54, 1.807) is 0 Å². The first-order valence-corrected chi connectivity index (χ1v) is 7.18. The third kappa shape index (κ3) is 3.68. The molecule has 1 atom stereocenters. The van der Waals surface area contributed by atoms with Crippen LogP contribution >= 0.6 is 15.9 Å². The molecule has 0 radical (unpaired) electrons. The highest BCUT2D eigenvalue weighted by atomic mass is 79.9. The molecule has 0 aromatic heterocycles. The SMILES string of the molecule is C=CCN1CCCC[C@H]1Cc1cccc(Br)c1. The second-order valence-corrected chi connectivity index (χ2v) is 5.68. The first-order chi connectivity index (χ1) is 8.29. The van der Waals surface area contributed by atoms with Gasteiger partial charge >= 0.3 is 0 Å². The molecule has 2 heteroatoms. The molecule has 0 N–H and O–H groups in total. The molecule has 1 fully saturated rings. The molecule has 2 rings (SSSR count). The lowest BCUT2D eigenvalue weighted by atomic mass is 9.95. The zero-order valence-electron chi connectivity index (χ0n) is 10.2. The van der Waals surface area contributed by atoms with Crippen LogP contribution in [0.5, 0.6) is 0 Å². The largest absolute Gasteiger partial charge is 0.296 e. The van der Waals surface area contributed by atoms with Crippen molar-refractivity contribution in [3.05, 3.63) is 47.0 Å². The van der Waals surface area contributed by atoms with Crippen LogP contribution in [0, 0.1) is 0 Å². The fourth-order valence-corrected chi connectivity index (χ4v) is 3.08. The van der Waals surface area contributed by atoms with E-state index in [1.165, 1.54) is 35.8 Å². The van der Waals surface area contributed by atoms with Crippen molar-refractivity contribution >= 4 is 15.9 Å². The van der Waals surface area contributed by atoms with E-state index in [9.17, 15) is 0 Å². The van der Waals surface area contributed by atoms with Gasteiger partial charge in [0.05, 0.1) is 0 Å². The fourth-order valence-electron chi connectivity index (χ4n) is 2.63. The van der Waals surface area contributed by atoms with Gasteiger partial charge in [-0.15, -0.1) is 6.58 Å². The third-order valence-electron chi connectivity index (χ3n) is 3.47. The molecular formula is C15H20BrN. The Balaban J connectivity index is 2.02. The zero-order valence-corrected chi connectivity index (χ0v) is 11.8. The van der Waals surface area contributed by atoms with E-state index in [0.29, 0.717) is 6.04 Å². The van der Waals surface area contributed by atoms with Crippen LogP contribution in [0.25, 0.3) is 0 Å². The van der Waals surface area contributed by atoms with Crippen LogP contribution < -0.4 is 0 Å². The Bertz CT molecular complexity index is 375. The molecule has 92 valence electrons. The minimum atomic E-state index is 0.691. The van der Waals surface area contributed by atoms with Crippen molar-refractivity contribution in [2.45, 2.75) is 31.7 Å². The Morgan fingerprint density at radius 1 is 1.41 bits per heavy atom. The van der Waals surface area contributed by atoms with Crippen molar-refractivity contribution < 1.29 is 0 Å². The van der Waals surface area contributed by atoms with Crippen molar-refractivity contribution in [3.63, 3.8) is 0 Å². The maximum Gasteiger partial charge on any atom is 0.0178 e. The highest BCUT2D eigenvalue weighted by molar-refractivity contribution is 9.10. The van der Waals surface area contributed by atoms with E-state index in [1.807, 2.05) is 6.08 Å². The van der Waals surface area contributed by atoms with Crippen LogP contribution in [0.3, 0.4) is 0 Å². The number of piperidine rings is 1. The number of hydrogen-bond acceptors (Lipinski definition) is 1. The lowest BCUT2D eigenvalue weighted by Gasteiger charge is -2.35. The number of halogens is 1. The summed E-state index contributed by atoms with van der Waals surface area (Å²) in [7, 11) is 0. The predicted molar refractivity (Wildman–Crippen MR) is 77.3 cm³/mol. The summed E-state index contributed by atoms with van der Waals surface area (Å²) < 4.78 is 1.18. The topological polar surface area (TPSA) is 3.24 Å². The first-order valence-electron chi connectivity index (χ1n) is 6.39. The van der Waals surface area contributed by atoms with Gasteiger partial charge in [0, 0.05) is 17.1 Å². The van der Waals surface area contributed by atoms with Crippen LogP contribution in [0.2, 0.25) is 0 Å². The maximum absolute atomic E-state index is 3.86. The molecule has 0 spiro atoms. The van der Waals surface area contributed by atoms with Crippen molar-refractivity contribution in [3.8, 4) is 0 Å². The molecule has 1 aromatic rings.